The van der Waals surface area contributed by atoms with E-state index in [1.54, 1.807) is 0 Å². The molecule has 1 heterocycles. The van der Waals surface area contributed by atoms with E-state index in [9.17, 15) is 5.11 Å². The predicted octanol–water partition coefficient (Wildman–Crippen LogP) is 0.0510. The van der Waals surface area contributed by atoms with E-state index in [1.807, 2.05) is 6.92 Å². The third kappa shape index (κ3) is 3.09. The maximum atomic E-state index is 9.20. The van der Waals surface area contributed by atoms with E-state index in [0.29, 0.717) is 6.04 Å². The van der Waals surface area contributed by atoms with Crippen molar-refractivity contribution in [2.45, 2.75) is 32.4 Å². The van der Waals surface area contributed by atoms with Crippen LogP contribution in [0.2, 0.25) is 0 Å². The van der Waals surface area contributed by atoms with Crippen molar-refractivity contribution in [2.75, 3.05) is 26.2 Å². The molecular weight excluding hydrogens is 152 g/mol. The molecule has 12 heavy (non-hydrogen) atoms. The molecule has 1 rings (SSSR count). The summed E-state index contributed by atoms with van der Waals surface area (Å²) in [5.74, 6) is 0. The number of piperazine rings is 1. The third-order valence-corrected chi connectivity index (χ3v) is 2.35. The molecule has 0 bridgehead atoms. The van der Waals surface area contributed by atoms with Crippen molar-refractivity contribution < 1.29 is 5.11 Å². The second-order valence-corrected chi connectivity index (χ2v) is 3.67. The van der Waals surface area contributed by atoms with Crippen LogP contribution in [0.5, 0.6) is 0 Å². The Morgan fingerprint density at radius 3 is 3.00 bits per heavy atom. The van der Waals surface area contributed by atoms with Gasteiger partial charge in [-0.1, -0.05) is 6.92 Å². The number of rotatable bonds is 3. The average Bonchev–Trinajstić information content (AvgIpc) is 2.03. The highest BCUT2D eigenvalue weighted by molar-refractivity contribution is 4.77. The molecule has 0 aromatic heterocycles. The smallest absolute Gasteiger partial charge is 0.0639 e. The molecule has 0 spiro atoms. The molecule has 1 aliphatic rings. The Balaban J connectivity index is 2.25. The van der Waals surface area contributed by atoms with Gasteiger partial charge in [-0.25, -0.2) is 0 Å². The third-order valence-electron chi connectivity index (χ3n) is 2.35. The Labute approximate surface area is 74.8 Å². The van der Waals surface area contributed by atoms with Crippen LogP contribution in [0.1, 0.15) is 20.3 Å². The lowest BCUT2D eigenvalue weighted by molar-refractivity contribution is 0.105. The number of aliphatic hydroxyl groups is 1. The van der Waals surface area contributed by atoms with Crippen LogP contribution in [0.25, 0.3) is 0 Å². The lowest BCUT2D eigenvalue weighted by Gasteiger charge is -2.33. The van der Waals surface area contributed by atoms with Crippen molar-refractivity contribution in [1.29, 1.82) is 0 Å². The molecule has 1 saturated heterocycles. The van der Waals surface area contributed by atoms with E-state index in [4.69, 9.17) is 0 Å². The molecule has 0 radical (unpaired) electrons. The van der Waals surface area contributed by atoms with Crippen molar-refractivity contribution in [2.24, 2.45) is 0 Å². The van der Waals surface area contributed by atoms with Crippen LogP contribution >= 0.6 is 0 Å². The lowest BCUT2D eigenvalue weighted by Crippen LogP contribution is -2.51. The lowest BCUT2D eigenvalue weighted by atomic mass is 10.1. The number of nitrogens with one attached hydrogen (secondary N) is 1. The highest BCUT2D eigenvalue weighted by Gasteiger charge is 2.18. The summed E-state index contributed by atoms with van der Waals surface area (Å²) in [6, 6.07) is 0.623. The summed E-state index contributed by atoms with van der Waals surface area (Å²) in [7, 11) is 0. The first-order valence-corrected chi connectivity index (χ1v) is 4.86. The average molecular weight is 172 g/mol. The van der Waals surface area contributed by atoms with Gasteiger partial charge in [0, 0.05) is 32.2 Å². The van der Waals surface area contributed by atoms with Crippen LogP contribution in [0, 0.1) is 0 Å². The second-order valence-electron chi connectivity index (χ2n) is 3.67. The molecule has 2 atom stereocenters. The fourth-order valence-corrected chi connectivity index (χ4v) is 1.71. The Morgan fingerprint density at radius 2 is 2.42 bits per heavy atom. The van der Waals surface area contributed by atoms with E-state index in [0.717, 1.165) is 26.2 Å². The minimum Gasteiger partial charge on any atom is -0.392 e. The van der Waals surface area contributed by atoms with Crippen LogP contribution in [-0.2, 0) is 0 Å². The van der Waals surface area contributed by atoms with Crippen molar-refractivity contribution in [3.8, 4) is 0 Å². The zero-order valence-electron chi connectivity index (χ0n) is 8.08. The maximum absolute atomic E-state index is 9.20. The molecule has 3 nitrogen and oxygen atoms in total. The molecule has 0 aromatic carbocycles. The van der Waals surface area contributed by atoms with E-state index < -0.39 is 0 Å². The molecule has 2 N–H and O–H groups in total. The Hall–Kier alpha value is -0.120. The standard InChI is InChI=1S/C9H20N2O/c1-3-9-7-11(5-4-10-9)6-8(2)12/h8-10,12H,3-7H2,1-2H3. The number of hydrogen-bond acceptors (Lipinski definition) is 3. The first kappa shape index (κ1) is 9.96. The molecule has 2 unspecified atom stereocenters. The Kier molecular flexibility index (Phi) is 3.98. The van der Waals surface area contributed by atoms with Gasteiger partial charge in [0.25, 0.3) is 0 Å². The van der Waals surface area contributed by atoms with Gasteiger partial charge in [0.05, 0.1) is 6.10 Å². The van der Waals surface area contributed by atoms with Crippen LogP contribution < -0.4 is 5.32 Å². The van der Waals surface area contributed by atoms with Crippen molar-refractivity contribution >= 4 is 0 Å². The van der Waals surface area contributed by atoms with Crippen molar-refractivity contribution in [3.63, 3.8) is 0 Å². The zero-order valence-corrected chi connectivity index (χ0v) is 8.08. The minimum atomic E-state index is -0.194. The molecule has 3 heteroatoms. The van der Waals surface area contributed by atoms with Gasteiger partial charge in [-0.05, 0) is 13.3 Å². The number of hydrogen-bond donors (Lipinski definition) is 2. The molecular formula is C9H20N2O. The number of aliphatic hydroxyl groups excluding tert-OH is 1. The molecule has 1 aliphatic heterocycles. The molecule has 0 saturated carbocycles. The summed E-state index contributed by atoms with van der Waals surface area (Å²) in [4.78, 5) is 2.33. The highest BCUT2D eigenvalue weighted by atomic mass is 16.3. The summed E-state index contributed by atoms with van der Waals surface area (Å²) in [5.41, 5.74) is 0. The molecule has 72 valence electrons. The fourth-order valence-electron chi connectivity index (χ4n) is 1.71. The monoisotopic (exact) mass is 172 g/mol. The highest BCUT2D eigenvalue weighted by Crippen LogP contribution is 2.02. The summed E-state index contributed by atoms with van der Waals surface area (Å²) in [5, 5.41) is 12.7. The summed E-state index contributed by atoms with van der Waals surface area (Å²) < 4.78 is 0. The van der Waals surface area contributed by atoms with Gasteiger partial charge < -0.3 is 10.4 Å². The van der Waals surface area contributed by atoms with Gasteiger partial charge in [-0.3, -0.25) is 4.90 Å². The Morgan fingerprint density at radius 1 is 1.67 bits per heavy atom. The van der Waals surface area contributed by atoms with Crippen LogP contribution in [0.15, 0.2) is 0 Å². The van der Waals surface area contributed by atoms with E-state index in [2.05, 4.69) is 17.1 Å². The summed E-state index contributed by atoms with van der Waals surface area (Å²) in [6.07, 6.45) is 0.983. The Bertz CT molecular complexity index is 128. The van der Waals surface area contributed by atoms with Gasteiger partial charge in [0.2, 0.25) is 0 Å². The van der Waals surface area contributed by atoms with Crippen LogP contribution in [0.3, 0.4) is 0 Å². The quantitative estimate of drug-likeness (QED) is 0.631. The van der Waals surface area contributed by atoms with E-state index in [1.165, 1.54) is 6.42 Å². The normalized spacial score (nSPS) is 28.8. The molecule has 0 aromatic rings. The van der Waals surface area contributed by atoms with Gasteiger partial charge in [0.1, 0.15) is 0 Å². The number of β-amino-alcohol motifs (C(OH)–C–C–N with tert-alkyl or cyclic N) is 1. The van der Waals surface area contributed by atoms with Crippen molar-refractivity contribution in [1.82, 2.24) is 10.2 Å². The van der Waals surface area contributed by atoms with E-state index >= 15 is 0 Å². The van der Waals surface area contributed by atoms with Gasteiger partial charge in [-0.2, -0.15) is 0 Å². The zero-order chi connectivity index (χ0) is 8.97. The van der Waals surface area contributed by atoms with Gasteiger partial charge in [0.15, 0.2) is 0 Å². The molecule has 0 aliphatic carbocycles. The van der Waals surface area contributed by atoms with Crippen LogP contribution in [0.4, 0.5) is 0 Å². The predicted molar refractivity (Wildman–Crippen MR) is 50.2 cm³/mol. The maximum Gasteiger partial charge on any atom is 0.0639 e. The topological polar surface area (TPSA) is 35.5 Å². The first-order valence-electron chi connectivity index (χ1n) is 4.86. The fraction of sp³-hybridized carbons (Fsp3) is 1.00. The van der Waals surface area contributed by atoms with Gasteiger partial charge in [-0.15, -0.1) is 0 Å². The molecule has 1 fully saturated rings. The first-order chi connectivity index (χ1) is 5.72. The summed E-state index contributed by atoms with van der Waals surface area (Å²) >= 11 is 0. The van der Waals surface area contributed by atoms with Gasteiger partial charge >= 0.3 is 0 Å². The van der Waals surface area contributed by atoms with Crippen molar-refractivity contribution in [3.05, 3.63) is 0 Å². The number of nitrogens with zero attached hydrogens (tertiary/aromatic N) is 1. The minimum absolute atomic E-state index is 0.194. The second kappa shape index (κ2) is 4.80. The summed E-state index contributed by atoms with van der Waals surface area (Å²) in [6.45, 7) is 8.08. The van der Waals surface area contributed by atoms with E-state index in [-0.39, 0.29) is 6.10 Å². The largest absolute Gasteiger partial charge is 0.392 e. The SMILES string of the molecule is CCC1CN(CC(C)O)CCN1. The van der Waals surface area contributed by atoms with Crippen LogP contribution in [-0.4, -0.2) is 48.3 Å². The molecule has 0 amide bonds.